The molecule has 112 valence electrons. The van der Waals surface area contributed by atoms with Crippen LogP contribution < -0.4 is 5.32 Å². The molecule has 0 radical (unpaired) electrons. The van der Waals surface area contributed by atoms with Gasteiger partial charge in [0.15, 0.2) is 0 Å². The fourth-order valence-electron chi connectivity index (χ4n) is 3.51. The number of ether oxygens (including phenoxy) is 1. The first-order valence-electron chi connectivity index (χ1n) is 8.33. The van der Waals surface area contributed by atoms with E-state index in [0.717, 1.165) is 31.6 Å². The Balaban J connectivity index is 1.67. The largest absolute Gasteiger partial charge is 0.381 e. The van der Waals surface area contributed by atoms with Gasteiger partial charge in [-0.2, -0.15) is 0 Å². The van der Waals surface area contributed by atoms with E-state index in [1.165, 1.54) is 51.7 Å². The number of nitrogens with one attached hydrogen (secondary N) is 1. The molecule has 0 aromatic heterocycles. The van der Waals surface area contributed by atoms with Crippen LogP contribution >= 0.6 is 0 Å². The monoisotopic (exact) mass is 268 g/mol. The Morgan fingerprint density at radius 3 is 2.95 bits per heavy atom. The summed E-state index contributed by atoms with van der Waals surface area (Å²) in [4.78, 5) is 2.65. The summed E-state index contributed by atoms with van der Waals surface area (Å²) in [6.45, 7) is 11.6. The van der Waals surface area contributed by atoms with Crippen molar-refractivity contribution >= 4 is 0 Å². The Kier molecular flexibility index (Phi) is 6.62. The zero-order valence-corrected chi connectivity index (χ0v) is 12.9. The number of hydrogen-bond acceptors (Lipinski definition) is 3. The highest BCUT2D eigenvalue weighted by molar-refractivity contribution is 4.81. The first-order valence-corrected chi connectivity index (χ1v) is 8.33. The van der Waals surface area contributed by atoms with E-state index in [2.05, 4.69) is 24.1 Å². The van der Waals surface area contributed by atoms with E-state index in [1.54, 1.807) is 0 Å². The molecule has 1 N–H and O–H groups in total. The van der Waals surface area contributed by atoms with Gasteiger partial charge in [-0.1, -0.05) is 6.92 Å². The number of likely N-dealkylation sites (tertiary alicyclic amines) is 1. The Morgan fingerprint density at radius 1 is 1.32 bits per heavy atom. The molecule has 2 saturated heterocycles. The van der Waals surface area contributed by atoms with Gasteiger partial charge in [0.05, 0.1) is 6.61 Å². The van der Waals surface area contributed by atoms with Crippen molar-refractivity contribution in [1.82, 2.24) is 10.2 Å². The molecule has 2 aliphatic rings. The highest BCUT2D eigenvalue weighted by Crippen LogP contribution is 2.20. The molecule has 3 heteroatoms. The van der Waals surface area contributed by atoms with Crippen LogP contribution in [-0.4, -0.2) is 50.3 Å². The van der Waals surface area contributed by atoms with Gasteiger partial charge in [0, 0.05) is 25.7 Å². The highest BCUT2D eigenvalue weighted by atomic mass is 16.5. The smallest absolute Gasteiger partial charge is 0.0506 e. The predicted octanol–water partition coefficient (Wildman–Crippen LogP) is 2.51. The van der Waals surface area contributed by atoms with Gasteiger partial charge >= 0.3 is 0 Å². The van der Waals surface area contributed by atoms with Crippen molar-refractivity contribution in [2.24, 2.45) is 11.8 Å². The van der Waals surface area contributed by atoms with Gasteiger partial charge in [0.2, 0.25) is 0 Å². The molecule has 0 aromatic carbocycles. The van der Waals surface area contributed by atoms with Crippen LogP contribution in [0.4, 0.5) is 0 Å². The van der Waals surface area contributed by atoms with E-state index in [1.807, 2.05) is 0 Å². The minimum Gasteiger partial charge on any atom is -0.381 e. The van der Waals surface area contributed by atoms with Crippen LogP contribution in [-0.2, 0) is 4.74 Å². The molecule has 0 amide bonds. The van der Waals surface area contributed by atoms with Crippen molar-refractivity contribution in [3.8, 4) is 0 Å². The van der Waals surface area contributed by atoms with Crippen molar-refractivity contribution in [3.63, 3.8) is 0 Å². The Morgan fingerprint density at radius 2 is 2.21 bits per heavy atom. The van der Waals surface area contributed by atoms with Crippen molar-refractivity contribution in [2.45, 2.75) is 52.0 Å². The lowest BCUT2D eigenvalue weighted by molar-refractivity contribution is 0.0519. The number of hydrogen-bond donors (Lipinski definition) is 1. The third-order valence-electron chi connectivity index (χ3n) is 4.77. The highest BCUT2D eigenvalue weighted by Gasteiger charge is 2.24. The van der Waals surface area contributed by atoms with Crippen LogP contribution in [0.1, 0.15) is 46.0 Å². The van der Waals surface area contributed by atoms with Crippen LogP contribution in [0.2, 0.25) is 0 Å². The zero-order valence-electron chi connectivity index (χ0n) is 12.9. The minimum atomic E-state index is 0.654. The number of piperidine rings is 1. The summed E-state index contributed by atoms with van der Waals surface area (Å²) < 4.78 is 5.56. The molecule has 3 nitrogen and oxygen atoms in total. The molecular formula is C16H32N2O. The number of nitrogens with zero attached hydrogens (tertiary/aromatic N) is 1. The van der Waals surface area contributed by atoms with Gasteiger partial charge in [-0.05, 0) is 64.0 Å². The molecule has 0 bridgehead atoms. The van der Waals surface area contributed by atoms with E-state index in [0.29, 0.717) is 6.04 Å². The first kappa shape index (κ1) is 15.3. The summed E-state index contributed by atoms with van der Waals surface area (Å²) in [7, 11) is 0. The average molecular weight is 268 g/mol. The summed E-state index contributed by atoms with van der Waals surface area (Å²) in [6.07, 6.45) is 6.65. The molecule has 3 unspecified atom stereocenters. The molecule has 0 saturated carbocycles. The van der Waals surface area contributed by atoms with Gasteiger partial charge in [-0.15, -0.1) is 0 Å². The summed E-state index contributed by atoms with van der Waals surface area (Å²) in [5, 5.41) is 3.78. The van der Waals surface area contributed by atoms with Gasteiger partial charge in [0.1, 0.15) is 0 Å². The maximum atomic E-state index is 5.56. The van der Waals surface area contributed by atoms with Crippen LogP contribution in [0.3, 0.4) is 0 Å². The second-order valence-corrected chi connectivity index (χ2v) is 6.48. The summed E-state index contributed by atoms with van der Waals surface area (Å²) >= 11 is 0. The summed E-state index contributed by atoms with van der Waals surface area (Å²) in [5.74, 6) is 1.58. The first-order chi connectivity index (χ1) is 9.29. The van der Waals surface area contributed by atoms with Crippen LogP contribution in [0, 0.1) is 11.8 Å². The topological polar surface area (TPSA) is 24.5 Å². The SMILES string of the molecule is CCCN1CCCC(C(C)NCC2CCCOC2)C1. The average Bonchev–Trinajstić information content (AvgIpc) is 2.46. The Hall–Kier alpha value is -0.120. The van der Waals surface area contributed by atoms with Crippen molar-refractivity contribution in [1.29, 1.82) is 0 Å². The van der Waals surface area contributed by atoms with Crippen LogP contribution in [0.25, 0.3) is 0 Å². The van der Waals surface area contributed by atoms with Crippen molar-refractivity contribution in [2.75, 3.05) is 39.4 Å². The third-order valence-corrected chi connectivity index (χ3v) is 4.77. The molecule has 2 heterocycles. The molecule has 0 spiro atoms. The molecular weight excluding hydrogens is 236 g/mol. The maximum Gasteiger partial charge on any atom is 0.0506 e. The second-order valence-electron chi connectivity index (χ2n) is 6.48. The molecule has 2 aliphatic heterocycles. The fourth-order valence-corrected chi connectivity index (χ4v) is 3.51. The minimum absolute atomic E-state index is 0.654. The van der Waals surface area contributed by atoms with Gasteiger partial charge in [-0.25, -0.2) is 0 Å². The van der Waals surface area contributed by atoms with E-state index >= 15 is 0 Å². The Labute approximate surface area is 119 Å². The predicted molar refractivity (Wildman–Crippen MR) is 80.5 cm³/mol. The molecule has 2 rings (SSSR count). The maximum absolute atomic E-state index is 5.56. The van der Waals surface area contributed by atoms with E-state index in [4.69, 9.17) is 4.74 Å². The molecule has 3 atom stereocenters. The lowest BCUT2D eigenvalue weighted by Gasteiger charge is -2.36. The molecule has 2 fully saturated rings. The third kappa shape index (κ3) is 5.05. The molecule has 0 aliphatic carbocycles. The zero-order chi connectivity index (χ0) is 13.5. The van der Waals surface area contributed by atoms with Gasteiger partial charge < -0.3 is 15.0 Å². The quantitative estimate of drug-likeness (QED) is 0.801. The van der Waals surface area contributed by atoms with E-state index in [9.17, 15) is 0 Å². The molecule has 0 aromatic rings. The lowest BCUT2D eigenvalue weighted by Crippen LogP contribution is -2.46. The van der Waals surface area contributed by atoms with Crippen LogP contribution in [0.15, 0.2) is 0 Å². The van der Waals surface area contributed by atoms with Gasteiger partial charge in [0.25, 0.3) is 0 Å². The van der Waals surface area contributed by atoms with Gasteiger partial charge in [-0.3, -0.25) is 0 Å². The number of rotatable bonds is 6. The lowest BCUT2D eigenvalue weighted by atomic mass is 9.91. The van der Waals surface area contributed by atoms with Crippen LogP contribution in [0.5, 0.6) is 0 Å². The van der Waals surface area contributed by atoms with Crippen molar-refractivity contribution < 1.29 is 4.74 Å². The van der Waals surface area contributed by atoms with Crippen molar-refractivity contribution in [3.05, 3.63) is 0 Å². The second kappa shape index (κ2) is 8.23. The summed E-state index contributed by atoms with van der Waals surface area (Å²) in [6, 6.07) is 0.654. The van der Waals surface area contributed by atoms with E-state index < -0.39 is 0 Å². The summed E-state index contributed by atoms with van der Waals surface area (Å²) in [5.41, 5.74) is 0. The molecule has 19 heavy (non-hydrogen) atoms. The standard InChI is InChI=1S/C16H32N2O/c1-3-8-18-9-4-7-16(12-18)14(2)17-11-15-6-5-10-19-13-15/h14-17H,3-13H2,1-2H3. The Bertz CT molecular complexity index is 239. The van der Waals surface area contributed by atoms with E-state index in [-0.39, 0.29) is 0 Å². The normalized spacial score (nSPS) is 31.3. The fraction of sp³-hybridized carbons (Fsp3) is 1.00.